The standard InChI is InChI=1S/C15H12N2O4/c18-14(10-4-5-12-9(8-10)6-7-21-12)17-13-3-1-2-11(16-13)15(19)20/h1-5,8H,6-7H2,(H,19,20)(H,16,17,18). The average molecular weight is 284 g/mol. The van der Waals surface area contributed by atoms with Crippen molar-refractivity contribution in [2.24, 2.45) is 0 Å². The number of ether oxygens (including phenoxy) is 1. The second kappa shape index (κ2) is 5.24. The molecule has 2 heterocycles. The molecular formula is C15H12N2O4. The van der Waals surface area contributed by atoms with E-state index >= 15 is 0 Å². The second-order valence-corrected chi connectivity index (χ2v) is 4.59. The molecule has 6 heteroatoms. The Labute approximate surface area is 120 Å². The van der Waals surface area contributed by atoms with Crippen molar-refractivity contribution in [3.63, 3.8) is 0 Å². The number of nitrogens with zero attached hydrogens (tertiary/aromatic N) is 1. The molecule has 0 bridgehead atoms. The monoisotopic (exact) mass is 284 g/mol. The van der Waals surface area contributed by atoms with E-state index in [2.05, 4.69) is 10.3 Å². The Hall–Kier alpha value is -2.89. The van der Waals surface area contributed by atoms with Crippen LogP contribution in [0.15, 0.2) is 36.4 Å². The molecule has 106 valence electrons. The summed E-state index contributed by atoms with van der Waals surface area (Å²) in [6.45, 7) is 0.628. The van der Waals surface area contributed by atoms with Crippen LogP contribution in [0.4, 0.5) is 5.82 Å². The van der Waals surface area contributed by atoms with E-state index in [1.165, 1.54) is 12.1 Å². The number of amides is 1. The highest BCUT2D eigenvalue weighted by Crippen LogP contribution is 2.26. The van der Waals surface area contributed by atoms with E-state index in [4.69, 9.17) is 9.84 Å². The molecule has 21 heavy (non-hydrogen) atoms. The van der Waals surface area contributed by atoms with Crippen LogP contribution in [0.25, 0.3) is 0 Å². The summed E-state index contributed by atoms with van der Waals surface area (Å²) < 4.78 is 5.38. The van der Waals surface area contributed by atoms with Crippen molar-refractivity contribution in [2.45, 2.75) is 6.42 Å². The number of carboxylic acids is 1. The van der Waals surface area contributed by atoms with Crippen LogP contribution in [0.5, 0.6) is 5.75 Å². The minimum Gasteiger partial charge on any atom is -0.493 e. The van der Waals surface area contributed by atoms with Crippen molar-refractivity contribution in [1.82, 2.24) is 4.98 Å². The summed E-state index contributed by atoms with van der Waals surface area (Å²) in [4.78, 5) is 26.9. The molecule has 0 fully saturated rings. The molecule has 3 rings (SSSR count). The van der Waals surface area contributed by atoms with E-state index in [0.29, 0.717) is 12.2 Å². The predicted molar refractivity (Wildman–Crippen MR) is 74.8 cm³/mol. The summed E-state index contributed by atoms with van der Waals surface area (Å²) in [5.74, 6) is -0.463. The molecule has 0 unspecified atom stereocenters. The third kappa shape index (κ3) is 2.69. The number of rotatable bonds is 3. The van der Waals surface area contributed by atoms with Gasteiger partial charge >= 0.3 is 5.97 Å². The van der Waals surface area contributed by atoms with Gasteiger partial charge < -0.3 is 15.2 Å². The van der Waals surface area contributed by atoms with E-state index in [1.807, 2.05) is 0 Å². The van der Waals surface area contributed by atoms with Crippen LogP contribution in [0, 0.1) is 0 Å². The fourth-order valence-electron chi connectivity index (χ4n) is 2.14. The lowest BCUT2D eigenvalue weighted by Gasteiger charge is -2.06. The van der Waals surface area contributed by atoms with Crippen LogP contribution in [0.3, 0.4) is 0 Å². The van der Waals surface area contributed by atoms with Gasteiger partial charge in [-0.2, -0.15) is 0 Å². The number of nitrogens with one attached hydrogen (secondary N) is 1. The predicted octanol–water partition coefficient (Wildman–Crippen LogP) is 1.97. The van der Waals surface area contributed by atoms with Gasteiger partial charge in [0.1, 0.15) is 11.6 Å². The van der Waals surface area contributed by atoms with E-state index in [0.717, 1.165) is 17.7 Å². The quantitative estimate of drug-likeness (QED) is 0.899. The Bertz CT molecular complexity index is 727. The molecule has 0 saturated heterocycles. The Morgan fingerprint density at radius 2 is 2.10 bits per heavy atom. The first-order valence-corrected chi connectivity index (χ1v) is 6.41. The van der Waals surface area contributed by atoms with Crippen LogP contribution in [-0.4, -0.2) is 28.6 Å². The van der Waals surface area contributed by atoms with Gasteiger partial charge in [0, 0.05) is 12.0 Å². The van der Waals surface area contributed by atoms with Crippen LogP contribution >= 0.6 is 0 Å². The zero-order chi connectivity index (χ0) is 14.8. The largest absolute Gasteiger partial charge is 0.493 e. The molecule has 0 radical (unpaired) electrons. The number of fused-ring (bicyclic) bond motifs is 1. The van der Waals surface area contributed by atoms with E-state index in [-0.39, 0.29) is 17.4 Å². The number of pyridine rings is 1. The van der Waals surface area contributed by atoms with Crippen molar-refractivity contribution in [3.05, 3.63) is 53.2 Å². The number of carboxylic acid groups (broad SMARTS) is 1. The average Bonchev–Trinajstić information content (AvgIpc) is 2.94. The van der Waals surface area contributed by atoms with E-state index < -0.39 is 5.97 Å². The molecule has 0 spiro atoms. The summed E-state index contributed by atoms with van der Waals surface area (Å²) in [7, 11) is 0. The topological polar surface area (TPSA) is 88.5 Å². The Kier molecular flexibility index (Phi) is 3.27. The lowest BCUT2D eigenvalue weighted by atomic mass is 10.1. The molecular weight excluding hydrogens is 272 g/mol. The molecule has 0 atom stereocenters. The van der Waals surface area contributed by atoms with Gasteiger partial charge in [-0.3, -0.25) is 4.79 Å². The molecule has 0 aliphatic carbocycles. The van der Waals surface area contributed by atoms with Gasteiger partial charge in [0.05, 0.1) is 6.61 Å². The lowest BCUT2D eigenvalue weighted by Crippen LogP contribution is -2.14. The smallest absolute Gasteiger partial charge is 0.354 e. The van der Waals surface area contributed by atoms with Crippen molar-refractivity contribution >= 4 is 17.7 Å². The van der Waals surface area contributed by atoms with Gasteiger partial charge in [-0.1, -0.05) is 6.07 Å². The number of hydrogen-bond donors (Lipinski definition) is 2. The Morgan fingerprint density at radius 3 is 2.90 bits per heavy atom. The number of aromatic carboxylic acids is 1. The molecule has 2 aromatic rings. The van der Waals surface area contributed by atoms with Gasteiger partial charge in [0.2, 0.25) is 0 Å². The zero-order valence-electron chi connectivity index (χ0n) is 11.0. The van der Waals surface area contributed by atoms with Crippen molar-refractivity contribution in [1.29, 1.82) is 0 Å². The van der Waals surface area contributed by atoms with Gasteiger partial charge in [-0.05, 0) is 35.9 Å². The summed E-state index contributed by atoms with van der Waals surface area (Å²) in [5.41, 5.74) is 1.37. The zero-order valence-corrected chi connectivity index (χ0v) is 11.0. The number of carbonyl (C=O) groups excluding carboxylic acids is 1. The highest BCUT2D eigenvalue weighted by molar-refractivity contribution is 6.04. The summed E-state index contributed by atoms with van der Waals surface area (Å²) in [6, 6.07) is 9.64. The van der Waals surface area contributed by atoms with Crippen LogP contribution in [0.2, 0.25) is 0 Å². The molecule has 1 aromatic carbocycles. The molecule has 0 saturated carbocycles. The first kappa shape index (κ1) is 13.1. The first-order valence-electron chi connectivity index (χ1n) is 6.41. The summed E-state index contributed by atoms with van der Waals surface area (Å²) >= 11 is 0. The number of anilines is 1. The van der Waals surface area contributed by atoms with E-state index in [9.17, 15) is 9.59 Å². The lowest BCUT2D eigenvalue weighted by molar-refractivity contribution is 0.0690. The van der Waals surface area contributed by atoms with Crippen molar-refractivity contribution < 1.29 is 19.4 Å². The fourth-order valence-corrected chi connectivity index (χ4v) is 2.14. The van der Waals surface area contributed by atoms with Crippen LogP contribution < -0.4 is 10.1 Å². The van der Waals surface area contributed by atoms with Gasteiger partial charge in [-0.25, -0.2) is 9.78 Å². The van der Waals surface area contributed by atoms with Gasteiger partial charge in [0.15, 0.2) is 5.69 Å². The fraction of sp³-hybridized carbons (Fsp3) is 0.133. The highest BCUT2D eigenvalue weighted by Gasteiger charge is 2.15. The Balaban J connectivity index is 1.80. The molecule has 2 N–H and O–H groups in total. The maximum absolute atomic E-state index is 12.2. The molecule has 6 nitrogen and oxygen atoms in total. The SMILES string of the molecule is O=C(Nc1cccc(C(=O)O)n1)c1ccc2c(c1)CCO2. The molecule has 1 aliphatic heterocycles. The van der Waals surface area contributed by atoms with E-state index in [1.54, 1.807) is 24.3 Å². The van der Waals surface area contributed by atoms with Crippen LogP contribution in [-0.2, 0) is 6.42 Å². The minimum absolute atomic E-state index is 0.116. The second-order valence-electron chi connectivity index (χ2n) is 4.59. The number of hydrogen-bond acceptors (Lipinski definition) is 4. The number of benzene rings is 1. The highest BCUT2D eigenvalue weighted by atomic mass is 16.5. The Morgan fingerprint density at radius 1 is 1.24 bits per heavy atom. The third-order valence-corrected chi connectivity index (χ3v) is 3.16. The van der Waals surface area contributed by atoms with Crippen LogP contribution in [0.1, 0.15) is 26.4 Å². The van der Waals surface area contributed by atoms with Gasteiger partial charge in [0.25, 0.3) is 5.91 Å². The minimum atomic E-state index is -1.14. The molecule has 1 aromatic heterocycles. The molecule has 1 aliphatic rings. The normalized spacial score (nSPS) is 12.4. The summed E-state index contributed by atoms with van der Waals surface area (Å²) in [5, 5.41) is 11.5. The first-order chi connectivity index (χ1) is 10.1. The number of aromatic nitrogens is 1. The third-order valence-electron chi connectivity index (χ3n) is 3.16. The van der Waals surface area contributed by atoms with Crippen molar-refractivity contribution in [3.8, 4) is 5.75 Å². The number of carbonyl (C=O) groups is 2. The van der Waals surface area contributed by atoms with Gasteiger partial charge in [-0.15, -0.1) is 0 Å². The maximum atomic E-state index is 12.2. The van der Waals surface area contributed by atoms with Crippen molar-refractivity contribution in [2.75, 3.05) is 11.9 Å². The maximum Gasteiger partial charge on any atom is 0.354 e. The molecule has 1 amide bonds. The summed E-state index contributed by atoms with van der Waals surface area (Å²) in [6.07, 6.45) is 0.781.